The monoisotopic (exact) mass is 723 g/mol. The number of thioether (sulfide) groups is 1. The third kappa shape index (κ3) is 8.19. The Kier molecular flexibility index (Phi) is 12.3. The van der Waals surface area contributed by atoms with Crippen LogP contribution in [0, 0.1) is 6.92 Å². The van der Waals surface area contributed by atoms with E-state index in [0.717, 1.165) is 22.3 Å². The summed E-state index contributed by atoms with van der Waals surface area (Å²) in [5.41, 5.74) is 7.98. The van der Waals surface area contributed by atoms with E-state index in [-0.39, 0.29) is 11.9 Å². The molecule has 0 spiro atoms. The number of methoxy groups -OCH3 is 2. The smallest absolute Gasteiger partial charge is 0.330 e. The Bertz CT molecular complexity index is 1940. The molecule has 1 aliphatic rings. The van der Waals surface area contributed by atoms with Crippen molar-refractivity contribution in [1.29, 1.82) is 0 Å². The highest BCUT2D eigenvalue weighted by Gasteiger charge is 2.47. The highest BCUT2D eigenvalue weighted by atomic mass is 32.2. The molecule has 6 rings (SSSR count). The van der Waals surface area contributed by atoms with Crippen LogP contribution in [0.15, 0.2) is 125 Å². The van der Waals surface area contributed by atoms with Crippen LogP contribution in [0.5, 0.6) is 11.5 Å². The fraction of sp³-hybridized carbons (Fsp3) is 0.317. The molecule has 1 unspecified atom stereocenters. The van der Waals surface area contributed by atoms with Crippen molar-refractivity contribution < 1.29 is 23.7 Å². The largest absolute Gasteiger partial charge is 0.497 e. The van der Waals surface area contributed by atoms with Crippen LogP contribution in [0.25, 0.3) is 0 Å². The summed E-state index contributed by atoms with van der Waals surface area (Å²) >= 11 is 1.68. The number of ether oxygens (including phenoxy) is 5. The van der Waals surface area contributed by atoms with E-state index in [1.807, 2.05) is 97.1 Å². The number of aromatic nitrogens is 2. The molecule has 0 aliphatic carbocycles. The zero-order valence-corrected chi connectivity index (χ0v) is 30.4. The van der Waals surface area contributed by atoms with Crippen molar-refractivity contribution in [3.05, 3.63) is 164 Å². The van der Waals surface area contributed by atoms with Crippen LogP contribution in [0.4, 0.5) is 0 Å². The maximum absolute atomic E-state index is 13.1. The van der Waals surface area contributed by atoms with Gasteiger partial charge in [-0.1, -0.05) is 84.9 Å². The Morgan fingerprint density at radius 2 is 1.44 bits per heavy atom. The van der Waals surface area contributed by atoms with Gasteiger partial charge in [-0.3, -0.25) is 14.3 Å². The molecule has 3 N–H and O–H groups in total. The Morgan fingerprint density at radius 3 is 2.02 bits per heavy atom. The van der Waals surface area contributed by atoms with Crippen molar-refractivity contribution in [1.82, 2.24) is 9.55 Å². The van der Waals surface area contributed by atoms with E-state index in [0.29, 0.717) is 42.4 Å². The Balaban J connectivity index is 1.49. The topological polar surface area (TPSA) is 127 Å². The minimum Gasteiger partial charge on any atom is -0.497 e. The highest BCUT2D eigenvalue weighted by molar-refractivity contribution is 8.00. The SMILES string of the molecule is COc1ccc(C(OC(COCc2ccccc2)[C@H]2O[C@@H](n3cc(C)c(=O)[nH]c3=O)C[C@@H]2SCCN)(c2ccccc2)c2ccc(OC)cc2)cc1. The number of H-pyrrole nitrogens is 1. The lowest BCUT2D eigenvalue weighted by Crippen LogP contribution is -2.46. The third-order valence-corrected chi connectivity index (χ3v) is 10.6. The molecular weight excluding hydrogens is 679 g/mol. The average Bonchev–Trinajstić information content (AvgIpc) is 3.61. The van der Waals surface area contributed by atoms with Crippen molar-refractivity contribution in [2.24, 2.45) is 5.73 Å². The molecule has 11 heteroatoms. The van der Waals surface area contributed by atoms with Crippen LogP contribution in [-0.4, -0.2) is 60.1 Å². The van der Waals surface area contributed by atoms with E-state index in [9.17, 15) is 9.59 Å². The lowest BCUT2D eigenvalue weighted by Gasteiger charge is -2.41. The molecule has 0 bridgehead atoms. The molecule has 272 valence electrons. The van der Waals surface area contributed by atoms with E-state index in [2.05, 4.69) is 17.1 Å². The number of benzene rings is 4. The van der Waals surface area contributed by atoms with E-state index in [1.54, 1.807) is 39.1 Å². The number of rotatable bonds is 16. The highest BCUT2D eigenvalue weighted by Crippen LogP contribution is 2.46. The van der Waals surface area contributed by atoms with Gasteiger partial charge in [-0.15, -0.1) is 0 Å². The summed E-state index contributed by atoms with van der Waals surface area (Å²) < 4.78 is 33.5. The van der Waals surface area contributed by atoms with Gasteiger partial charge in [-0.05, 0) is 53.4 Å². The number of nitrogens with one attached hydrogen (secondary N) is 1. The molecule has 52 heavy (non-hydrogen) atoms. The maximum atomic E-state index is 13.1. The molecule has 0 saturated carbocycles. The summed E-state index contributed by atoms with van der Waals surface area (Å²) in [5.74, 6) is 2.10. The summed E-state index contributed by atoms with van der Waals surface area (Å²) in [6.45, 7) is 2.67. The molecule has 1 aromatic heterocycles. The van der Waals surface area contributed by atoms with Crippen LogP contribution >= 0.6 is 11.8 Å². The van der Waals surface area contributed by atoms with Crippen molar-refractivity contribution in [3.63, 3.8) is 0 Å². The van der Waals surface area contributed by atoms with E-state index >= 15 is 0 Å². The lowest BCUT2D eigenvalue weighted by atomic mass is 9.79. The molecule has 4 aromatic carbocycles. The number of nitrogens with two attached hydrogens (primary N) is 1. The molecule has 1 saturated heterocycles. The van der Waals surface area contributed by atoms with Crippen LogP contribution in [-0.2, 0) is 26.4 Å². The van der Waals surface area contributed by atoms with Gasteiger partial charge in [-0.2, -0.15) is 11.8 Å². The number of aromatic amines is 1. The van der Waals surface area contributed by atoms with E-state index in [4.69, 9.17) is 29.4 Å². The summed E-state index contributed by atoms with van der Waals surface area (Å²) in [5, 5.41) is -0.127. The van der Waals surface area contributed by atoms with Gasteiger partial charge in [0.25, 0.3) is 5.56 Å². The summed E-state index contributed by atoms with van der Waals surface area (Å²) in [6.07, 6.45) is 0.187. The maximum Gasteiger partial charge on any atom is 0.330 e. The van der Waals surface area contributed by atoms with Gasteiger partial charge >= 0.3 is 5.69 Å². The van der Waals surface area contributed by atoms with E-state index in [1.165, 1.54) is 4.57 Å². The van der Waals surface area contributed by atoms with Gasteiger partial charge in [-0.25, -0.2) is 4.79 Å². The summed E-state index contributed by atoms with van der Waals surface area (Å²) in [4.78, 5) is 27.8. The zero-order valence-electron chi connectivity index (χ0n) is 29.6. The fourth-order valence-electron chi connectivity index (χ4n) is 6.66. The van der Waals surface area contributed by atoms with Crippen molar-refractivity contribution in [3.8, 4) is 11.5 Å². The standard InChI is InChI=1S/C41H45N3O7S/c1-28-25-44(40(46)43-39(28)45)37-24-36(52-23-22-42)38(50-37)35(27-49-26-29-10-6-4-7-11-29)51-41(30-12-8-5-9-13-30,31-14-18-33(47-2)19-15-31)32-16-20-34(48-3)21-17-32/h4-21,25,35-38H,22-24,26-27,42H2,1-3H3,(H,43,45,46)/t35?,36-,37+,38+/m0/s1. The van der Waals surface area contributed by atoms with Crippen molar-refractivity contribution in [2.75, 3.05) is 33.1 Å². The van der Waals surface area contributed by atoms with E-state index < -0.39 is 35.3 Å². The molecule has 0 amide bonds. The minimum atomic E-state index is -1.16. The van der Waals surface area contributed by atoms with Crippen molar-refractivity contribution >= 4 is 11.8 Å². The van der Waals surface area contributed by atoms with Gasteiger partial charge < -0.3 is 29.4 Å². The molecule has 5 aromatic rings. The molecule has 1 fully saturated rings. The molecule has 4 atom stereocenters. The fourth-order valence-corrected chi connectivity index (χ4v) is 7.83. The number of nitrogens with zero attached hydrogens (tertiary/aromatic N) is 1. The van der Waals surface area contributed by atoms with Gasteiger partial charge in [0.05, 0.1) is 27.4 Å². The second-order valence-corrected chi connectivity index (χ2v) is 14.0. The summed E-state index contributed by atoms with van der Waals surface area (Å²) in [7, 11) is 3.28. The predicted molar refractivity (Wildman–Crippen MR) is 203 cm³/mol. The minimum absolute atomic E-state index is 0.127. The Labute approximate surface area is 307 Å². The number of hydrogen-bond donors (Lipinski definition) is 2. The predicted octanol–water partition coefficient (Wildman–Crippen LogP) is 5.80. The summed E-state index contributed by atoms with van der Waals surface area (Å²) in [6, 6.07) is 35.8. The molecule has 2 heterocycles. The number of aryl methyl sites for hydroxylation is 1. The zero-order chi connectivity index (χ0) is 36.5. The van der Waals surface area contributed by atoms with Crippen LogP contribution in [0.2, 0.25) is 0 Å². The average molecular weight is 724 g/mol. The molecule has 0 radical (unpaired) electrons. The first kappa shape index (κ1) is 37.1. The Morgan fingerprint density at radius 1 is 0.865 bits per heavy atom. The third-order valence-electron chi connectivity index (χ3n) is 9.28. The Hall–Kier alpha value is -4.65. The second-order valence-electron chi connectivity index (χ2n) is 12.6. The van der Waals surface area contributed by atoms with Crippen LogP contribution in [0.3, 0.4) is 0 Å². The van der Waals surface area contributed by atoms with Gasteiger partial charge in [0.1, 0.15) is 35.5 Å². The molecule has 10 nitrogen and oxygen atoms in total. The first-order chi connectivity index (χ1) is 25.4. The normalized spacial score (nSPS) is 17.9. The van der Waals surface area contributed by atoms with Gasteiger partial charge in [0, 0.05) is 35.7 Å². The van der Waals surface area contributed by atoms with Crippen LogP contribution in [0.1, 0.15) is 40.5 Å². The number of hydrogen-bond acceptors (Lipinski definition) is 9. The van der Waals surface area contributed by atoms with Gasteiger partial charge in [0.15, 0.2) is 0 Å². The quantitative estimate of drug-likeness (QED) is 0.121. The first-order valence-corrected chi connectivity index (χ1v) is 18.3. The first-order valence-electron chi connectivity index (χ1n) is 17.3. The second kappa shape index (κ2) is 17.2. The van der Waals surface area contributed by atoms with Crippen LogP contribution < -0.4 is 26.5 Å². The van der Waals surface area contributed by atoms with Gasteiger partial charge in [0.2, 0.25) is 0 Å². The van der Waals surface area contributed by atoms with Crippen molar-refractivity contribution in [2.45, 2.75) is 49.2 Å². The molecule has 1 aliphatic heterocycles. The lowest BCUT2D eigenvalue weighted by molar-refractivity contribution is -0.151. The molecular formula is C41H45N3O7S.